The Morgan fingerprint density at radius 1 is 1.10 bits per heavy atom. The van der Waals surface area contributed by atoms with Crippen molar-refractivity contribution < 1.29 is 28.2 Å². The molecular formula is C23H21FN2O5. The molecule has 2 aromatic rings. The molecule has 0 atom stereocenters. The van der Waals surface area contributed by atoms with E-state index in [-0.39, 0.29) is 29.4 Å². The number of nitriles is 1. The molecule has 0 radical (unpaired) electrons. The zero-order chi connectivity index (χ0) is 22.6. The first-order valence-corrected chi connectivity index (χ1v) is 9.19. The molecule has 0 heterocycles. The van der Waals surface area contributed by atoms with E-state index in [4.69, 9.17) is 14.2 Å². The van der Waals surface area contributed by atoms with Crippen molar-refractivity contribution in [2.24, 2.45) is 0 Å². The molecule has 0 spiro atoms. The summed E-state index contributed by atoms with van der Waals surface area (Å²) in [7, 11) is 2.91. The molecule has 0 aliphatic heterocycles. The molecule has 0 aromatic heterocycles. The average Bonchev–Trinajstić information content (AvgIpc) is 2.78. The van der Waals surface area contributed by atoms with Gasteiger partial charge in [0.25, 0.3) is 5.91 Å². The first-order chi connectivity index (χ1) is 15.0. The van der Waals surface area contributed by atoms with Crippen LogP contribution in [0.15, 0.2) is 54.1 Å². The number of hydrogen-bond donors (Lipinski definition) is 1. The molecular weight excluding hydrogens is 403 g/mol. The molecule has 2 aromatic carbocycles. The van der Waals surface area contributed by atoms with Gasteiger partial charge in [-0.15, -0.1) is 0 Å². The number of benzene rings is 2. The van der Waals surface area contributed by atoms with Gasteiger partial charge in [0.1, 0.15) is 17.5 Å². The van der Waals surface area contributed by atoms with E-state index >= 15 is 0 Å². The molecule has 8 heteroatoms. The van der Waals surface area contributed by atoms with Crippen LogP contribution in [0.5, 0.6) is 11.5 Å². The Hall–Kier alpha value is -3.96. The second-order valence-electron chi connectivity index (χ2n) is 6.13. The van der Waals surface area contributed by atoms with Gasteiger partial charge in [0, 0.05) is 19.7 Å². The number of rotatable bonds is 9. The molecule has 0 fully saturated rings. The van der Waals surface area contributed by atoms with Crippen LogP contribution in [0.25, 0.3) is 12.2 Å². The maximum atomic E-state index is 12.9. The second-order valence-corrected chi connectivity index (χ2v) is 6.13. The quantitative estimate of drug-likeness (QED) is 0.218. The number of nitrogens with zero attached hydrogens (tertiary/aromatic N) is 1. The molecule has 0 saturated carbocycles. The molecule has 0 saturated heterocycles. The van der Waals surface area contributed by atoms with Crippen LogP contribution < -0.4 is 14.8 Å². The minimum Gasteiger partial charge on any atom is -0.493 e. The predicted molar refractivity (Wildman–Crippen MR) is 113 cm³/mol. The highest BCUT2D eigenvalue weighted by Gasteiger charge is 2.12. The van der Waals surface area contributed by atoms with E-state index < -0.39 is 11.9 Å². The minimum atomic E-state index is -0.652. The fraction of sp³-hybridized carbons (Fsp3) is 0.174. The summed E-state index contributed by atoms with van der Waals surface area (Å²) in [6.07, 6.45) is 4.09. The monoisotopic (exact) mass is 424 g/mol. The van der Waals surface area contributed by atoms with Crippen LogP contribution in [0.3, 0.4) is 0 Å². The molecule has 0 unspecified atom stereocenters. The summed E-state index contributed by atoms with van der Waals surface area (Å²) in [5.74, 6) is -1.14. The van der Waals surface area contributed by atoms with Crippen molar-refractivity contribution in [2.75, 3.05) is 27.4 Å². The summed E-state index contributed by atoms with van der Waals surface area (Å²) in [4.78, 5) is 24.1. The lowest BCUT2D eigenvalue weighted by molar-refractivity contribution is -0.129. The van der Waals surface area contributed by atoms with Crippen LogP contribution in [-0.4, -0.2) is 39.2 Å². The first kappa shape index (κ1) is 23.3. The number of amides is 1. The third-order valence-electron chi connectivity index (χ3n) is 3.95. The molecule has 160 valence electrons. The van der Waals surface area contributed by atoms with E-state index in [9.17, 15) is 19.2 Å². The summed E-state index contributed by atoms with van der Waals surface area (Å²) >= 11 is 0. The molecule has 2 rings (SSSR count). The summed E-state index contributed by atoms with van der Waals surface area (Å²) in [6, 6.07) is 12.1. The second kappa shape index (κ2) is 11.9. The van der Waals surface area contributed by atoms with Crippen LogP contribution >= 0.6 is 0 Å². The van der Waals surface area contributed by atoms with E-state index in [0.29, 0.717) is 17.7 Å². The highest BCUT2D eigenvalue weighted by atomic mass is 19.1. The number of carbonyl (C=O) groups excluding carboxylic acids is 2. The van der Waals surface area contributed by atoms with E-state index in [1.54, 1.807) is 6.07 Å². The molecule has 31 heavy (non-hydrogen) atoms. The number of halogens is 1. The summed E-state index contributed by atoms with van der Waals surface area (Å²) in [6.45, 7) is 0.603. The highest BCUT2D eigenvalue weighted by molar-refractivity contribution is 6.01. The number of methoxy groups -OCH3 is 2. The summed E-state index contributed by atoms with van der Waals surface area (Å²) in [5, 5.41) is 11.8. The molecule has 1 amide bonds. The first-order valence-electron chi connectivity index (χ1n) is 9.19. The molecule has 1 N–H and O–H groups in total. The minimum absolute atomic E-state index is 0.0925. The van der Waals surface area contributed by atoms with Crippen LogP contribution in [0.1, 0.15) is 11.1 Å². The topological polar surface area (TPSA) is 97.6 Å². The van der Waals surface area contributed by atoms with Gasteiger partial charge in [0.05, 0.1) is 13.7 Å². The maximum Gasteiger partial charge on any atom is 0.336 e. The van der Waals surface area contributed by atoms with Gasteiger partial charge >= 0.3 is 5.97 Å². The average molecular weight is 424 g/mol. The lowest BCUT2D eigenvalue weighted by atomic mass is 10.1. The van der Waals surface area contributed by atoms with Crippen molar-refractivity contribution in [3.8, 4) is 17.6 Å². The van der Waals surface area contributed by atoms with Gasteiger partial charge in [-0.3, -0.25) is 4.79 Å². The Bertz CT molecular complexity index is 1020. The maximum absolute atomic E-state index is 12.9. The van der Waals surface area contributed by atoms with E-state index in [1.807, 2.05) is 6.07 Å². The van der Waals surface area contributed by atoms with Gasteiger partial charge in [-0.1, -0.05) is 18.2 Å². The normalized spacial score (nSPS) is 11.1. The van der Waals surface area contributed by atoms with Gasteiger partial charge < -0.3 is 19.5 Å². The van der Waals surface area contributed by atoms with Crippen molar-refractivity contribution in [3.05, 3.63) is 71.1 Å². The summed E-state index contributed by atoms with van der Waals surface area (Å²) in [5.41, 5.74) is 1.06. The zero-order valence-electron chi connectivity index (χ0n) is 17.1. The van der Waals surface area contributed by atoms with Crippen molar-refractivity contribution in [3.63, 3.8) is 0 Å². The smallest absolute Gasteiger partial charge is 0.336 e. The number of hydrogen-bond acceptors (Lipinski definition) is 6. The molecule has 7 nitrogen and oxygen atoms in total. The number of carbonyl (C=O) groups is 2. The SMILES string of the molecule is COCCNC(=O)/C(C#N)=C/c1ccc(OC(=O)/C=C/c2ccc(F)cc2)c(OC)c1. The van der Waals surface area contributed by atoms with Crippen molar-refractivity contribution in [2.45, 2.75) is 0 Å². The number of esters is 1. The third kappa shape index (κ3) is 7.42. The Kier molecular flexibility index (Phi) is 8.95. The van der Waals surface area contributed by atoms with Gasteiger partial charge in [-0.05, 0) is 47.5 Å². The largest absolute Gasteiger partial charge is 0.493 e. The molecule has 0 aliphatic rings. The Balaban J connectivity index is 2.11. The summed E-state index contributed by atoms with van der Waals surface area (Å²) < 4.78 is 28.3. The van der Waals surface area contributed by atoms with Crippen molar-refractivity contribution in [1.29, 1.82) is 5.26 Å². The highest BCUT2D eigenvalue weighted by Crippen LogP contribution is 2.29. The third-order valence-corrected chi connectivity index (χ3v) is 3.95. The lowest BCUT2D eigenvalue weighted by Gasteiger charge is -2.09. The zero-order valence-corrected chi connectivity index (χ0v) is 17.1. The van der Waals surface area contributed by atoms with Crippen molar-refractivity contribution in [1.82, 2.24) is 5.32 Å². The van der Waals surface area contributed by atoms with Gasteiger partial charge in [0.15, 0.2) is 11.5 Å². The van der Waals surface area contributed by atoms with E-state index in [1.165, 1.54) is 68.8 Å². The predicted octanol–water partition coefficient (Wildman–Crippen LogP) is 3.12. The fourth-order valence-corrected chi connectivity index (χ4v) is 2.42. The van der Waals surface area contributed by atoms with Crippen LogP contribution in [0.2, 0.25) is 0 Å². The van der Waals surface area contributed by atoms with Crippen molar-refractivity contribution >= 4 is 24.0 Å². The van der Waals surface area contributed by atoms with Gasteiger partial charge in [-0.25, -0.2) is 9.18 Å². The van der Waals surface area contributed by atoms with E-state index in [0.717, 1.165) is 0 Å². The Morgan fingerprint density at radius 3 is 2.45 bits per heavy atom. The Labute approximate surface area is 179 Å². The standard InChI is InChI=1S/C23H21FN2O5/c1-29-12-11-26-23(28)18(15-25)13-17-5-9-20(21(14-17)30-2)31-22(27)10-6-16-3-7-19(24)8-4-16/h3-10,13-14H,11-12H2,1-2H3,(H,26,28)/b10-6+,18-13+. The van der Waals surface area contributed by atoms with Crippen LogP contribution in [0.4, 0.5) is 4.39 Å². The lowest BCUT2D eigenvalue weighted by Crippen LogP contribution is -2.27. The van der Waals surface area contributed by atoms with Gasteiger partial charge in [-0.2, -0.15) is 5.26 Å². The Morgan fingerprint density at radius 2 is 1.81 bits per heavy atom. The fourth-order valence-electron chi connectivity index (χ4n) is 2.42. The van der Waals surface area contributed by atoms with Gasteiger partial charge in [0.2, 0.25) is 0 Å². The molecule has 0 bridgehead atoms. The van der Waals surface area contributed by atoms with Crippen LogP contribution in [0, 0.1) is 17.1 Å². The van der Waals surface area contributed by atoms with E-state index in [2.05, 4.69) is 5.32 Å². The number of nitrogens with one attached hydrogen (secondary N) is 1. The molecule has 0 aliphatic carbocycles. The number of ether oxygens (including phenoxy) is 3. The van der Waals surface area contributed by atoms with Crippen LogP contribution in [-0.2, 0) is 14.3 Å².